The highest BCUT2D eigenvalue weighted by molar-refractivity contribution is 5.06. The van der Waals surface area contributed by atoms with Crippen LogP contribution in [0.3, 0.4) is 0 Å². The van der Waals surface area contributed by atoms with Crippen molar-refractivity contribution < 1.29 is 0 Å². The molecule has 2 aromatic rings. The average molecular weight is 148 g/mol. The zero-order valence-corrected chi connectivity index (χ0v) is 5.91. The fraction of sp³-hybridized carbons (Fsp3) is 0.143. The Bertz CT molecular complexity index is 263. The molecule has 0 aromatic carbocycles. The van der Waals surface area contributed by atoms with E-state index in [-0.39, 0.29) is 0 Å². The van der Waals surface area contributed by atoms with Crippen LogP contribution in [0, 0.1) is 0 Å². The van der Waals surface area contributed by atoms with Crippen LogP contribution >= 0.6 is 0 Å². The molecule has 0 spiro atoms. The van der Waals surface area contributed by atoms with Gasteiger partial charge in [-0.3, -0.25) is 5.10 Å². The van der Waals surface area contributed by atoms with Crippen molar-refractivity contribution in [3.8, 4) is 0 Å². The molecule has 0 amide bonds. The van der Waals surface area contributed by atoms with Crippen LogP contribution in [0.5, 0.6) is 0 Å². The summed E-state index contributed by atoms with van der Waals surface area (Å²) >= 11 is 0. The van der Waals surface area contributed by atoms with E-state index in [1.54, 1.807) is 12.4 Å². The van der Waals surface area contributed by atoms with Crippen molar-refractivity contribution in [2.75, 3.05) is 0 Å². The van der Waals surface area contributed by atoms with Gasteiger partial charge in [0.25, 0.3) is 0 Å². The van der Waals surface area contributed by atoms with Crippen LogP contribution in [-0.4, -0.2) is 20.2 Å². The molecule has 2 heterocycles. The molecule has 4 heteroatoms. The zero-order chi connectivity index (χ0) is 7.52. The first kappa shape index (κ1) is 6.15. The number of aromatic amines is 2. The number of nitrogens with one attached hydrogen (secondary N) is 2. The van der Waals surface area contributed by atoms with Gasteiger partial charge in [0.2, 0.25) is 0 Å². The van der Waals surface area contributed by atoms with E-state index in [4.69, 9.17) is 0 Å². The SMILES string of the molecule is c1cc(Cc2ncc[nH]2)[nH]n1. The second-order valence-electron chi connectivity index (χ2n) is 2.29. The number of hydrogen-bond acceptors (Lipinski definition) is 2. The summed E-state index contributed by atoms with van der Waals surface area (Å²) in [6.07, 6.45) is 6.07. The van der Waals surface area contributed by atoms with E-state index in [1.807, 2.05) is 12.3 Å². The van der Waals surface area contributed by atoms with E-state index in [2.05, 4.69) is 20.2 Å². The van der Waals surface area contributed by atoms with E-state index in [1.165, 1.54) is 0 Å². The Kier molecular flexibility index (Phi) is 1.44. The van der Waals surface area contributed by atoms with Gasteiger partial charge in [-0.05, 0) is 6.07 Å². The van der Waals surface area contributed by atoms with Crippen LogP contribution in [0.15, 0.2) is 24.7 Å². The van der Waals surface area contributed by atoms with Crippen molar-refractivity contribution in [2.45, 2.75) is 6.42 Å². The maximum absolute atomic E-state index is 4.09. The second kappa shape index (κ2) is 2.57. The summed E-state index contributed by atoms with van der Waals surface area (Å²) in [4.78, 5) is 7.10. The van der Waals surface area contributed by atoms with E-state index in [9.17, 15) is 0 Å². The first-order valence-electron chi connectivity index (χ1n) is 3.41. The van der Waals surface area contributed by atoms with Gasteiger partial charge in [-0.2, -0.15) is 5.10 Å². The molecule has 4 nitrogen and oxygen atoms in total. The van der Waals surface area contributed by atoms with Gasteiger partial charge in [-0.25, -0.2) is 4.98 Å². The summed E-state index contributed by atoms with van der Waals surface area (Å²) in [5, 5.41) is 6.70. The maximum Gasteiger partial charge on any atom is 0.112 e. The van der Waals surface area contributed by atoms with E-state index >= 15 is 0 Å². The summed E-state index contributed by atoms with van der Waals surface area (Å²) in [7, 11) is 0. The molecule has 0 aliphatic rings. The van der Waals surface area contributed by atoms with Crippen LogP contribution < -0.4 is 0 Å². The standard InChI is InChI=1S/C7H8N4/c1-2-10-11-6(1)5-7-8-3-4-9-7/h1-4H,5H2,(H,8,9)(H,10,11). The summed E-state index contributed by atoms with van der Waals surface area (Å²) in [5.74, 6) is 0.953. The van der Waals surface area contributed by atoms with Gasteiger partial charge < -0.3 is 4.98 Å². The Balaban J connectivity index is 2.14. The molecule has 11 heavy (non-hydrogen) atoms. The van der Waals surface area contributed by atoms with Gasteiger partial charge in [-0.1, -0.05) is 0 Å². The van der Waals surface area contributed by atoms with Crippen molar-refractivity contribution in [3.05, 3.63) is 36.2 Å². The minimum atomic E-state index is 0.785. The third-order valence-electron chi connectivity index (χ3n) is 1.47. The lowest BCUT2D eigenvalue weighted by atomic mass is 10.3. The lowest BCUT2D eigenvalue weighted by molar-refractivity contribution is 0.944. The smallest absolute Gasteiger partial charge is 0.112 e. The van der Waals surface area contributed by atoms with Crippen LogP contribution in [-0.2, 0) is 6.42 Å². The fourth-order valence-electron chi connectivity index (χ4n) is 0.958. The molecule has 2 aromatic heterocycles. The van der Waals surface area contributed by atoms with Gasteiger partial charge in [0, 0.05) is 30.7 Å². The van der Waals surface area contributed by atoms with E-state index < -0.39 is 0 Å². The third kappa shape index (κ3) is 1.29. The maximum atomic E-state index is 4.09. The molecule has 0 atom stereocenters. The van der Waals surface area contributed by atoms with Crippen LogP contribution in [0.2, 0.25) is 0 Å². The van der Waals surface area contributed by atoms with E-state index in [0.717, 1.165) is 17.9 Å². The number of rotatable bonds is 2. The fourth-order valence-corrected chi connectivity index (χ4v) is 0.958. The molecule has 0 bridgehead atoms. The Hall–Kier alpha value is -1.58. The van der Waals surface area contributed by atoms with Crippen molar-refractivity contribution in [1.82, 2.24) is 20.2 Å². The first-order valence-corrected chi connectivity index (χ1v) is 3.41. The van der Waals surface area contributed by atoms with Crippen molar-refractivity contribution >= 4 is 0 Å². The summed E-state index contributed by atoms with van der Waals surface area (Å²) in [5.41, 5.74) is 1.07. The topological polar surface area (TPSA) is 57.4 Å². The molecule has 0 aliphatic heterocycles. The number of aromatic nitrogens is 4. The second-order valence-corrected chi connectivity index (χ2v) is 2.29. The average Bonchev–Trinajstić information content (AvgIpc) is 2.60. The lowest BCUT2D eigenvalue weighted by Gasteiger charge is -1.90. The highest BCUT2D eigenvalue weighted by Crippen LogP contribution is 1.99. The zero-order valence-electron chi connectivity index (χ0n) is 5.91. The van der Waals surface area contributed by atoms with Gasteiger partial charge >= 0.3 is 0 Å². The molecule has 0 radical (unpaired) electrons. The minimum absolute atomic E-state index is 0.785. The molecule has 0 saturated carbocycles. The van der Waals surface area contributed by atoms with Crippen molar-refractivity contribution in [1.29, 1.82) is 0 Å². The number of nitrogens with zero attached hydrogens (tertiary/aromatic N) is 2. The largest absolute Gasteiger partial charge is 0.348 e. The quantitative estimate of drug-likeness (QED) is 0.659. The van der Waals surface area contributed by atoms with Crippen molar-refractivity contribution in [3.63, 3.8) is 0 Å². The summed E-state index contributed by atoms with van der Waals surface area (Å²) < 4.78 is 0. The van der Waals surface area contributed by atoms with Crippen LogP contribution in [0.4, 0.5) is 0 Å². The third-order valence-corrected chi connectivity index (χ3v) is 1.47. The molecule has 0 aliphatic carbocycles. The molecule has 2 rings (SSSR count). The molecular formula is C7H8N4. The Morgan fingerprint density at radius 1 is 1.36 bits per heavy atom. The monoisotopic (exact) mass is 148 g/mol. The van der Waals surface area contributed by atoms with Gasteiger partial charge in [0.05, 0.1) is 0 Å². The number of imidazole rings is 1. The summed E-state index contributed by atoms with van der Waals surface area (Å²) in [6, 6.07) is 1.93. The first-order chi connectivity index (χ1) is 5.45. The van der Waals surface area contributed by atoms with Crippen LogP contribution in [0.25, 0.3) is 0 Å². The molecular weight excluding hydrogens is 140 g/mol. The molecule has 0 saturated heterocycles. The number of hydrogen-bond donors (Lipinski definition) is 2. The van der Waals surface area contributed by atoms with E-state index in [0.29, 0.717) is 0 Å². The highest BCUT2D eigenvalue weighted by Gasteiger charge is 1.96. The van der Waals surface area contributed by atoms with Gasteiger partial charge in [-0.15, -0.1) is 0 Å². The Labute approximate surface area is 63.7 Å². The molecule has 0 fully saturated rings. The molecule has 0 unspecified atom stereocenters. The van der Waals surface area contributed by atoms with Gasteiger partial charge in [0.15, 0.2) is 0 Å². The highest BCUT2D eigenvalue weighted by atomic mass is 15.1. The number of H-pyrrole nitrogens is 2. The molecule has 56 valence electrons. The Morgan fingerprint density at radius 3 is 3.00 bits per heavy atom. The lowest BCUT2D eigenvalue weighted by Crippen LogP contribution is -1.90. The van der Waals surface area contributed by atoms with Crippen LogP contribution in [0.1, 0.15) is 11.5 Å². The normalized spacial score (nSPS) is 10.2. The predicted molar refractivity (Wildman–Crippen MR) is 40.0 cm³/mol. The Morgan fingerprint density at radius 2 is 2.36 bits per heavy atom. The summed E-state index contributed by atoms with van der Waals surface area (Å²) in [6.45, 7) is 0. The van der Waals surface area contributed by atoms with Crippen molar-refractivity contribution in [2.24, 2.45) is 0 Å². The molecule has 2 N–H and O–H groups in total. The predicted octanol–water partition coefficient (Wildman–Crippen LogP) is 0.724. The van der Waals surface area contributed by atoms with Gasteiger partial charge in [0.1, 0.15) is 5.82 Å². The minimum Gasteiger partial charge on any atom is -0.348 e.